The molecule has 0 spiro atoms. The number of nitriles is 1. The van der Waals surface area contributed by atoms with Gasteiger partial charge in [-0.05, 0) is 35.7 Å². The first-order valence-corrected chi connectivity index (χ1v) is 10.3. The molecule has 8 nitrogen and oxygen atoms in total. The van der Waals surface area contributed by atoms with E-state index in [1.807, 2.05) is 38.1 Å². The minimum absolute atomic E-state index is 0.0962. The van der Waals surface area contributed by atoms with E-state index >= 15 is 0 Å². The average Bonchev–Trinajstić information content (AvgIpc) is 3.20. The van der Waals surface area contributed by atoms with E-state index < -0.39 is 5.69 Å². The van der Waals surface area contributed by atoms with E-state index in [0.29, 0.717) is 29.1 Å². The zero-order valence-corrected chi connectivity index (χ0v) is 18.1. The Morgan fingerprint density at radius 3 is 2.47 bits per heavy atom. The van der Waals surface area contributed by atoms with Gasteiger partial charge in [0.1, 0.15) is 5.75 Å². The van der Waals surface area contributed by atoms with Crippen molar-refractivity contribution in [1.82, 2.24) is 18.7 Å². The predicted octanol–water partition coefficient (Wildman–Crippen LogP) is 2.93. The number of hydrogen-bond donors (Lipinski definition) is 0. The lowest BCUT2D eigenvalue weighted by Gasteiger charge is -2.15. The van der Waals surface area contributed by atoms with Crippen molar-refractivity contribution in [3.05, 3.63) is 86.8 Å². The Kier molecular flexibility index (Phi) is 5.65. The van der Waals surface area contributed by atoms with Gasteiger partial charge in [0, 0.05) is 13.1 Å². The fraction of sp³-hybridized carbons (Fsp3) is 0.250. The Labute approximate surface area is 184 Å². The van der Waals surface area contributed by atoms with E-state index in [1.54, 1.807) is 35.2 Å². The molecule has 0 aliphatic heterocycles. The van der Waals surface area contributed by atoms with Crippen LogP contribution in [0.1, 0.15) is 25.0 Å². The number of methoxy groups -OCH3 is 1. The van der Waals surface area contributed by atoms with Gasteiger partial charge in [0.25, 0.3) is 5.56 Å². The Bertz CT molecular complexity index is 1440. The van der Waals surface area contributed by atoms with Crippen molar-refractivity contribution in [2.24, 2.45) is 5.92 Å². The summed E-state index contributed by atoms with van der Waals surface area (Å²) in [6.45, 7) is 4.57. The van der Waals surface area contributed by atoms with Gasteiger partial charge < -0.3 is 9.30 Å². The van der Waals surface area contributed by atoms with E-state index in [4.69, 9.17) is 10.00 Å². The van der Waals surface area contributed by atoms with Crippen molar-refractivity contribution in [3.63, 3.8) is 0 Å². The highest BCUT2D eigenvalue weighted by Gasteiger charge is 2.21. The van der Waals surface area contributed by atoms with Crippen LogP contribution in [-0.2, 0) is 13.1 Å². The van der Waals surface area contributed by atoms with Crippen LogP contribution >= 0.6 is 0 Å². The Morgan fingerprint density at radius 1 is 1.09 bits per heavy atom. The van der Waals surface area contributed by atoms with Crippen molar-refractivity contribution >= 4 is 11.2 Å². The second kappa shape index (κ2) is 8.55. The second-order valence-corrected chi connectivity index (χ2v) is 7.95. The fourth-order valence-corrected chi connectivity index (χ4v) is 3.74. The molecule has 8 heteroatoms. The minimum atomic E-state index is -0.454. The van der Waals surface area contributed by atoms with E-state index in [9.17, 15) is 9.59 Å². The van der Waals surface area contributed by atoms with Gasteiger partial charge >= 0.3 is 5.69 Å². The summed E-state index contributed by atoms with van der Waals surface area (Å²) in [5.41, 5.74) is 1.77. The molecule has 0 unspecified atom stereocenters. The summed E-state index contributed by atoms with van der Waals surface area (Å²) in [5.74, 6) is 0.603. The number of fused-ring (bicyclic) bond motifs is 1. The monoisotopic (exact) mass is 429 g/mol. The Hall–Kier alpha value is -4.12. The minimum Gasteiger partial charge on any atom is -0.495 e. The molecule has 0 fully saturated rings. The molecule has 0 aliphatic rings. The Balaban J connectivity index is 1.99. The molecule has 0 N–H and O–H groups in total. The van der Waals surface area contributed by atoms with Crippen LogP contribution in [0.2, 0.25) is 0 Å². The molecule has 0 amide bonds. The molecule has 4 rings (SSSR count). The molecular weight excluding hydrogens is 406 g/mol. The average molecular weight is 429 g/mol. The van der Waals surface area contributed by atoms with Crippen molar-refractivity contribution < 1.29 is 4.74 Å². The van der Waals surface area contributed by atoms with Gasteiger partial charge in [-0.2, -0.15) is 5.26 Å². The van der Waals surface area contributed by atoms with E-state index in [-0.39, 0.29) is 23.7 Å². The molecule has 4 aromatic rings. The molecule has 2 heterocycles. The van der Waals surface area contributed by atoms with Crippen LogP contribution in [0.15, 0.2) is 64.4 Å². The van der Waals surface area contributed by atoms with Gasteiger partial charge in [-0.25, -0.2) is 14.3 Å². The highest BCUT2D eigenvalue weighted by Crippen LogP contribution is 2.23. The number of benzene rings is 2. The number of imidazole rings is 1. The van der Waals surface area contributed by atoms with Crippen molar-refractivity contribution in [3.8, 4) is 17.5 Å². The van der Waals surface area contributed by atoms with Crippen LogP contribution in [0, 0.1) is 17.2 Å². The van der Waals surface area contributed by atoms with Gasteiger partial charge in [-0.3, -0.25) is 9.36 Å². The molecule has 0 bridgehead atoms. The molecule has 162 valence electrons. The lowest BCUT2D eigenvalue weighted by Crippen LogP contribution is -2.41. The van der Waals surface area contributed by atoms with E-state index in [2.05, 4.69) is 11.1 Å². The standard InChI is InChI=1S/C24H23N5O3/c1-16(2)13-28-23(30)21-22(29(24(28)31)19-6-4-5-7-20(19)32-3)26-15-27(21)14-18-10-8-17(12-25)9-11-18/h4-11,15-16H,13-14H2,1-3H3. The molecule has 2 aromatic carbocycles. The smallest absolute Gasteiger partial charge is 0.337 e. The molecule has 0 saturated carbocycles. The van der Waals surface area contributed by atoms with Gasteiger partial charge in [0.2, 0.25) is 0 Å². The Morgan fingerprint density at radius 2 is 1.81 bits per heavy atom. The summed E-state index contributed by atoms with van der Waals surface area (Å²) in [6.07, 6.45) is 1.56. The number of hydrogen-bond acceptors (Lipinski definition) is 5. The van der Waals surface area contributed by atoms with Crippen LogP contribution in [0.25, 0.3) is 16.9 Å². The third-order valence-corrected chi connectivity index (χ3v) is 5.21. The SMILES string of the molecule is COc1ccccc1-n1c(=O)n(CC(C)C)c(=O)c2c1ncn2Cc1ccc(C#N)cc1. The normalized spacial score (nSPS) is 11.1. The topological polar surface area (TPSA) is 94.8 Å². The molecule has 0 aliphatic carbocycles. The van der Waals surface area contributed by atoms with E-state index in [1.165, 1.54) is 16.2 Å². The number of aromatic nitrogens is 4. The van der Waals surface area contributed by atoms with Crippen molar-refractivity contribution in [2.45, 2.75) is 26.9 Å². The number of para-hydroxylation sites is 2. The lowest BCUT2D eigenvalue weighted by atomic mass is 10.1. The maximum atomic E-state index is 13.4. The summed E-state index contributed by atoms with van der Waals surface area (Å²) in [6, 6.07) is 16.4. The zero-order chi connectivity index (χ0) is 22.8. The molecule has 32 heavy (non-hydrogen) atoms. The van der Waals surface area contributed by atoms with Crippen molar-refractivity contribution in [1.29, 1.82) is 5.26 Å². The molecular formula is C24H23N5O3. The van der Waals surface area contributed by atoms with Crippen LogP contribution in [0.4, 0.5) is 0 Å². The third-order valence-electron chi connectivity index (χ3n) is 5.21. The highest BCUT2D eigenvalue weighted by molar-refractivity contribution is 5.73. The maximum Gasteiger partial charge on any atom is 0.337 e. The van der Waals surface area contributed by atoms with Gasteiger partial charge in [-0.15, -0.1) is 0 Å². The van der Waals surface area contributed by atoms with Crippen LogP contribution < -0.4 is 16.0 Å². The summed E-state index contributed by atoms with van der Waals surface area (Å²) < 4.78 is 9.91. The summed E-state index contributed by atoms with van der Waals surface area (Å²) in [4.78, 5) is 31.3. The fourth-order valence-electron chi connectivity index (χ4n) is 3.74. The zero-order valence-electron chi connectivity index (χ0n) is 18.1. The first-order valence-electron chi connectivity index (χ1n) is 10.3. The largest absolute Gasteiger partial charge is 0.495 e. The van der Waals surface area contributed by atoms with Gasteiger partial charge in [0.05, 0.1) is 30.8 Å². The third kappa shape index (κ3) is 3.69. The first kappa shape index (κ1) is 21.1. The van der Waals surface area contributed by atoms with E-state index in [0.717, 1.165) is 5.56 Å². The van der Waals surface area contributed by atoms with Crippen molar-refractivity contribution in [2.75, 3.05) is 7.11 Å². The highest BCUT2D eigenvalue weighted by atomic mass is 16.5. The molecule has 0 saturated heterocycles. The number of ether oxygens (including phenoxy) is 1. The first-order chi connectivity index (χ1) is 15.4. The molecule has 0 radical (unpaired) electrons. The van der Waals surface area contributed by atoms with Gasteiger partial charge in [0.15, 0.2) is 11.2 Å². The summed E-state index contributed by atoms with van der Waals surface area (Å²) >= 11 is 0. The van der Waals surface area contributed by atoms with Gasteiger partial charge in [-0.1, -0.05) is 38.1 Å². The molecule has 2 aromatic heterocycles. The van der Waals surface area contributed by atoms with Crippen LogP contribution in [0.5, 0.6) is 5.75 Å². The summed E-state index contributed by atoms with van der Waals surface area (Å²) in [5, 5.41) is 9.02. The quantitative estimate of drug-likeness (QED) is 0.470. The van der Waals surface area contributed by atoms with Crippen LogP contribution in [0.3, 0.4) is 0 Å². The van der Waals surface area contributed by atoms with Crippen LogP contribution in [-0.4, -0.2) is 25.8 Å². The number of nitrogens with zero attached hydrogens (tertiary/aromatic N) is 5. The maximum absolute atomic E-state index is 13.4. The second-order valence-electron chi connectivity index (χ2n) is 7.95. The predicted molar refractivity (Wildman–Crippen MR) is 121 cm³/mol. The molecule has 0 atom stereocenters. The number of rotatable bonds is 6. The summed E-state index contributed by atoms with van der Waals surface area (Å²) in [7, 11) is 1.54. The lowest BCUT2D eigenvalue weighted by molar-refractivity contribution is 0.411.